The van der Waals surface area contributed by atoms with Crippen LogP contribution in [0.15, 0.2) is 18.2 Å². The normalized spacial score (nSPS) is 14.0. The quantitative estimate of drug-likeness (QED) is 0.820. The van der Waals surface area contributed by atoms with Crippen LogP contribution in [0.25, 0.3) is 0 Å². The van der Waals surface area contributed by atoms with Crippen LogP contribution in [0.3, 0.4) is 0 Å². The summed E-state index contributed by atoms with van der Waals surface area (Å²) in [6, 6.07) is 3.49. The fraction of sp³-hybridized carbons (Fsp3) is 0.500. The molecule has 1 aromatic rings. The summed E-state index contributed by atoms with van der Waals surface area (Å²) in [4.78, 5) is 0. The van der Waals surface area contributed by atoms with Gasteiger partial charge < -0.3 is 5.73 Å². The predicted molar refractivity (Wildman–Crippen MR) is 57.7 cm³/mol. The molecule has 0 aromatic heterocycles. The van der Waals surface area contributed by atoms with E-state index in [9.17, 15) is 8.78 Å². The van der Waals surface area contributed by atoms with Gasteiger partial charge in [0.15, 0.2) is 0 Å². The first kappa shape index (κ1) is 12.1. The Morgan fingerprint density at radius 3 is 2.47 bits per heavy atom. The molecule has 3 heteroatoms. The van der Waals surface area contributed by atoms with Crippen molar-refractivity contribution in [2.75, 3.05) is 0 Å². The van der Waals surface area contributed by atoms with Gasteiger partial charge in [0.05, 0.1) is 0 Å². The highest BCUT2D eigenvalue weighted by Gasteiger charge is 2.25. The number of nitrogens with two attached hydrogens (primary N) is 1. The van der Waals surface area contributed by atoms with Crippen molar-refractivity contribution >= 4 is 0 Å². The molecule has 0 bridgehead atoms. The molecule has 0 radical (unpaired) electrons. The molecule has 1 atom stereocenters. The predicted octanol–water partition coefficient (Wildman–Crippen LogP) is 2.98. The first-order valence-electron chi connectivity index (χ1n) is 5.04. The largest absolute Gasteiger partial charge is 0.328 e. The van der Waals surface area contributed by atoms with Crippen molar-refractivity contribution < 1.29 is 8.78 Å². The molecule has 0 saturated carbocycles. The minimum atomic E-state index is -0.444. The third kappa shape index (κ3) is 2.99. The van der Waals surface area contributed by atoms with Gasteiger partial charge in [-0.2, -0.15) is 0 Å². The second-order valence-electron chi connectivity index (χ2n) is 4.69. The molecule has 0 heterocycles. The van der Waals surface area contributed by atoms with Crippen molar-refractivity contribution in [2.45, 2.75) is 38.6 Å². The van der Waals surface area contributed by atoms with Gasteiger partial charge in [-0.15, -0.1) is 0 Å². The molecule has 0 aliphatic heterocycles. The van der Waals surface area contributed by atoms with E-state index in [-0.39, 0.29) is 11.9 Å². The molecule has 0 spiro atoms. The second kappa shape index (κ2) is 4.27. The molecule has 15 heavy (non-hydrogen) atoms. The Morgan fingerprint density at radius 2 is 1.93 bits per heavy atom. The Hall–Kier alpha value is -0.960. The molecular formula is C12H17F2N. The Labute approximate surface area is 89.3 Å². The number of benzene rings is 1. The third-order valence-corrected chi connectivity index (χ3v) is 2.49. The topological polar surface area (TPSA) is 26.0 Å². The van der Waals surface area contributed by atoms with E-state index in [1.54, 1.807) is 0 Å². The van der Waals surface area contributed by atoms with E-state index < -0.39 is 11.2 Å². The van der Waals surface area contributed by atoms with Crippen molar-refractivity contribution in [1.82, 2.24) is 0 Å². The smallest absolute Gasteiger partial charge is 0.127 e. The summed E-state index contributed by atoms with van der Waals surface area (Å²) in [6.07, 6.45) is 0.618. The lowest BCUT2D eigenvalue weighted by atomic mass is 9.79. The minimum Gasteiger partial charge on any atom is -0.328 e. The van der Waals surface area contributed by atoms with Crippen molar-refractivity contribution in [3.63, 3.8) is 0 Å². The maximum atomic E-state index is 13.5. The van der Waals surface area contributed by atoms with E-state index >= 15 is 0 Å². The van der Waals surface area contributed by atoms with Gasteiger partial charge in [-0.1, -0.05) is 13.8 Å². The van der Waals surface area contributed by atoms with E-state index in [1.807, 2.05) is 20.8 Å². The van der Waals surface area contributed by atoms with Crippen LogP contribution in [-0.4, -0.2) is 6.04 Å². The van der Waals surface area contributed by atoms with Crippen molar-refractivity contribution in [2.24, 2.45) is 5.73 Å². The summed E-state index contributed by atoms with van der Waals surface area (Å²) in [5.41, 5.74) is 5.63. The zero-order chi connectivity index (χ0) is 11.6. The highest BCUT2D eigenvalue weighted by molar-refractivity contribution is 5.26. The van der Waals surface area contributed by atoms with E-state index in [1.165, 1.54) is 6.07 Å². The standard InChI is InChI=1S/C12H17F2N/c1-8(15)7-12(2,3)10-6-9(13)4-5-11(10)14/h4-6,8H,7,15H2,1-3H3. The van der Waals surface area contributed by atoms with Crippen molar-refractivity contribution in [1.29, 1.82) is 0 Å². The number of hydrogen-bond acceptors (Lipinski definition) is 1. The number of hydrogen-bond donors (Lipinski definition) is 1. The zero-order valence-electron chi connectivity index (χ0n) is 9.35. The van der Waals surface area contributed by atoms with Gasteiger partial charge in [-0.25, -0.2) is 8.78 Å². The summed E-state index contributed by atoms with van der Waals surface area (Å²) in [6.45, 7) is 5.60. The van der Waals surface area contributed by atoms with E-state index in [2.05, 4.69) is 0 Å². The summed E-state index contributed by atoms with van der Waals surface area (Å²) >= 11 is 0. The maximum Gasteiger partial charge on any atom is 0.127 e. The van der Waals surface area contributed by atoms with Crippen LogP contribution in [0, 0.1) is 11.6 Å². The molecule has 0 amide bonds. The lowest BCUT2D eigenvalue weighted by Gasteiger charge is -2.27. The average Bonchev–Trinajstić information content (AvgIpc) is 2.06. The lowest BCUT2D eigenvalue weighted by molar-refractivity contribution is 0.413. The fourth-order valence-corrected chi connectivity index (χ4v) is 1.93. The molecule has 1 nitrogen and oxygen atoms in total. The molecular weight excluding hydrogens is 196 g/mol. The Balaban J connectivity index is 3.08. The molecule has 0 saturated heterocycles. The van der Waals surface area contributed by atoms with Crippen LogP contribution >= 0.6 is 0 Å². The second-order valence-corrected chi connectivity index (χ2v) is 4.69. The highest BCUT2D eigenvalue weighted by Crippen LogP contribution is 2.30. The average molecular weight is 213 g/mol. The molecule has 2 N–H and O–H groups in total. The van der Waals surface area contributed by atoms with Gasteiger partial charge >= 0.3 is 0 Å². The van der Waals surface area contributed by atoms with Gasteiger partial charge in [0.1, 0.15) is 11.6 Å². The van der Waals surface area contributed by atoms with E-state index in [4.69, 9.17) is 5.73 Å². The lowest BCUT2D eigenvalue weighted by Crippen LogP contribution is -2.29. The molecule has 0 fully saturated rings. The van der Waals surface area contributed by atoms with Crippen LogP contribution in [-0.2, 0) is 5.41 Å². The first-order valence-corrected chi connectivity index (χ1v) is 5.04. The maximum absolute atomic E-state index is 13.5. The summed E-state index contributed by atoms with van der Waals surface area (Å²) in [7, 11) is 0. The van der Waals surface area contributed by atoms with E-state index in [0.29, 0.717) is 12.0 Å². The van der Waals surface area contributed by atoms with E-state index in [0.717, 1.165) is 12.1 Å². The van der Waals surface area contributed by atoms with Crippen LogP contribution in [0.2, 0.25) is 0 Å². The Kier molecular flexibility index (Phi) is 3.45. The number of rotatable bonds is 3. The monoisotopic (exact) mass is 213 g/mol. The fourth-order valence-electron chi connectivity index (χ4n) is 1.93. The van der Waals surface area contributed by atoms with Crippen LogP contribution in [0.4, 0.5) is 8.78 Å². The summed E-state index contributed by atoms with van der Waals surface area (Å²) in [5.74, 6) is -0.786. The first-order chi connectivity index (χ1) is 6.83. The Bertz CT molecular complexity index is 345. The van der Waals surface area contributed by atoms with Crippen LogP contribution in [0.5, 0.6) is 0 Å². The summed E-state index contributed by atoms with van der Waals surface area (Å²) in [5, 5.41) is 0. The van der Waals surface area contributed by atoms with Gasteiger partial charge in [0.25, 0.3) is 0 Å². The third-order valence-electron chi connectivity index (χ3n) is 2.49. The molecule has 1 unspecified atom stereocenters. The van der Waals surface area contributed by atoms with Gasteiger partial charge in [-0.3, -0.25) is 0 Å². The van der Waals surface area contributed by atoms with Crippen molar-refractivity contribution in [3.8, 4) is 0 Å². The minimum absolute atomic E-state index is 0.0392. The molecule has 84 valence electrons. The molecule has 1 rings (SSSR count). The number of halogens is 2. The zero-order valence-corrected chi connectivity index (χ0v) is 9.35. The highest BCUT2D eigenvalue weighted by atomic mass is 19.1. The summed E-state index contributed by atoms with van der Waals surface area (Å²) < 4.78 is 26.5. The van der Waals surface area contributed by atoms with Crippen LogP contribution < -0.4 is 5.73 Å². The van der Waals surface area contributed by atoms with Gasteiger partial charge in [0.2, 0.25) is 0 Å². The molecule has 0 aliphatic rings. The van der Waals surface area contributed by atoms with Crippen LogP contribution in [0.1, 0.15) is 32.8 Å². The SMILES string of the molecule is CC(N)CC(C)(C)c1cc(F)ccc1F. The van der Waals surface area contributed by atoms with Gasteiger partial charge in [-0.05, 0) is 42.5 Å². The molecule has 1 aromatic carbocycles. The Morgan fingerprint density at radius 1 is 1.33 bits per heavy atom. The molecule has 0 aliphatic carbocycles. The van der Waals surface area contributed by atoms with Gasteiger partial charge in [0, 0.05) is 6.04 Å². The van der Waals surface area contributed by atoms with Crippen molar-refractivity contribution in [3.05, 3.63) is 35.4 Å².